The molecule has 5 aromatic rings. The van der Waals surface area contributed by atoms with Crippen molar-refractivity contribution in [2.24, 2.45) is 25.6 Å². The molecular weight excluding hydrogens is 856 g/mol. The van der Waals surface area contributed by atoms with E-state index in [0.29, 0.717) is 22.2 Å². The van der Waals surface area contributed by atoms with Gasteiger partial charge in [0.2, 0.25) is 6.04 Å². The molecule has 1 N–H and O–H groups in total. The number of methoxy groups -OCH3 is 1. The van der Waals surface area contributed by atoms with Crippen molar-refractivity contribution in [1.82, 2.24) is 0 Å². The normalized spacial score (nSPS) is 13.9. The molecule has 0 bridgehead atoms. The smallest absolute Gasteiger partial charge is 0.744 e. The van der Waals surface area contributed by atoms with Crippen LogP contribution >= 0.6 is 0 Å². The number of anilines is 2. The van der Waals surface area contributed by atoms with Crippen LogP contribution in [-0.4, -0.2) is 67.4 Å². The Balaban J connectivity index is 0.00000331. The molecule has 1 aliphatic heterocycles. The summed E-state index contributed by atoms with van der Waals surface area (Å²) in [6.07, 6.45) is 0. The van der Waals surface area contributed by atoms with Gasteiger partial charge in [-0.15, -0.1) is 0 Å². The number of nitrogens with zero attached hydrogens (tertiary/aromatic N) is 6. The third-order valence-electron chi connectivity index (χ3n) is 8.75. The van der Waals surface area contributed by atoms with Crippen LogP contribution in [0.1, 0.15) is 42.0 Å². The Morgan fingerprint density at radius 3 is 1.94 bits per heavy atom. The number of Topliss-reactive ketones (excluding diaryl/α,β-unsaturated/α-hetero) is 1. The van der Waals surface area contributed by atoms with E-state index in [0.717, 1.165) is 30.1 Å². The number of carbonyl (C=O) groups is 5. The van der Waals surface area contributed by atoms with Crippen LogP contribution in [0, 0.1) is 0 Å². The fourth-order valence-corrected chi connectivity index (χ4v) is 6.32. The summed E-state index contributed by atoms with van der Waals surface area (Å²) in [6, 6.07) is 19.6. The number of ether oxygens (including phenoxy) is 1. The number of ketones is 1. The molecular formula is C40H32N7Na3O11S. The quantitative estimate of drug-likeness (QED) is 0.0508. The topological polar surface area (TPSA) is 275 Å². The third kappa shape index (κ3) is 12.1. The van der Waals surface area contributed by atoms with Crippen molar-refractivity contribution in [2.45, 2.75) is 38.3 Å². The molecule has 0 saturated carbocycles. The largest absolute Gasteiger partial charge is 1.00 e. The first-order chi connectivity index (χ1) is 27.5. The zero-order valence-corrected chi connectivity index (χ0v) is 40.3. The van der Waals surface area contributed by atoms with E-state index in [-0.39, 0.29) is 130 Å². The summed E-state index contributed by atoms with van der Waals surface area (Å²) in [5.74, 6) is -5.16. The Hall–Kier alpha value is -4.51. The van der Waals surface area contributed by atoms with Crippen molar-refractivity contribution >= 4 is 78.9 Å². The standard InChI is InChI=1S/C39H31N7O11S.CH4.3Na/c1-20-34(37(49)46(45-20)26-12-8-23-17-27(58(54,55)56)13-9-22(23)16-26)43-41-30-14-10-24(18-28(30)38(50)51)25-11-15-31(29(19-25)39(52)53)42-44-35(21(2)47)36(48)40-32-6-4-5-7-33(32)57-3;;;;/h4-19,34-35H,1-3H3,(H,40,48)(H,50,51)(H,52,53)(H,54,55,56);1H4;;;/q;;3*+1/p-3. The van der Waals surface area contributed by atoms with Gasteiger partial charge in [0.1, 0.15) is 15.9 Å². The number of carbonyl (C=O) groups excluding carboxylic acids is 5. The van der Waals surface area contributed by atoms with Crippen molar-refractivity contribution in [3.8, 4) is 16.9 Å². The molecule has 5 aromatic carbocycles. The second kappa shape index (κ2) is 22.7. The number of hydrazone groups is 1. The van der Waals surface area contributed by atoms with Crippen molar-refractivity contribution in [3.63, 3.8) is 0 Å². The van der Waals surface area contributed by atoms with Crippen molar-refractivity contribution in [1.29, 1.82) is 0 Å². The minimum atomic E-state index is -4.67. The molecule has 1 aliphatic rings. The molecule has 62 heavy (non-hydrogen) atoms. The second-order valence-electron chi connectivity index (χ2n) is 12.6. The predicted molar refractivity (Wildman–Crippen MR) is 209 cm³/mol. The van der Waals surface area contributed by atoms with Gasteiger partial charge in [-0.05, 0) is 96.4 Å². The van der Waals surface area contributed by atoms with Crippen LogP contribution in [-0.2, 0) is 24.5 Å². The number of azo groups is 2. The van der Waals surface area contributed by atoms with E-state index in [1.807, 2.05) is 0 Å². The number of benzene rings is 5. The molecule has 0 saturated heterocycles. The molecule has 2 unspecified atom stereocenters. The molecule has 0 aliphatic carbocycles. The minimum Gasteiger partial charge on any atom is -0.744 e. The van der Waals surface area contributed by atoms with Crippen LogP contribution in [0.25, 0.3) is 21.9 Å². The summed E-state index contributed by atoms with van der Waals surface area (Å²) < 4.78 is 39.4. The van der Waals surface area contributed by atoms with E-state index in [4.69, 9.17) is 4.74 Å². The van der Waals surface area contributed by atoms with Crippen LogP contribution in [0.2, 0.25) is 0 Å². The van der Waals surface area contributed by atoms with Gasteiger partial charge in [-0.2, -0.15) is 30.6 Å². The maximum absolute atomic E-state index is 13.4. The minimum absolute atomic E-state index is 0. The van der Waals surface area contributed by atoms with Crippen molar-refractivity contribution in [3.05, 3.63) is 108 Å². The average Bonchev–Trinajstić information content (AvgIpc) is 3.48. The molecule has 2 amide bonds. The molecule has 6 rings (SSSR count). The zero-order chi connectivity index (χ0) is 41.9. The summed E-state index contributed by atoms with van der Waals surface area (Å²) in [4.78, 5) is 62.6. The van der Waals surface area contributed by atoms with Gasteiger partial charge in [0.15, 0.2) is 11.8 Å². The van der Waals surface area contributed by atoms with E-state index < -0.39 is 67.8 Å². The van der Waals surface area contributed by atoms with Gasteiger partial charge >= 0.3 is 88.7 Å². The molecule has 0 aromatic heterocycles. The van der Waals surface area contributed by atoms with Crippen LogP contribution < -0.4 is 114 Å². The van der Waals surface area contributed by atoms with Crippen LogP contribution in [0.15, 0.2) is 128 Å². The monoisotopic (exact) mass is 887 g/mol. The summed E-state index contributed by atoms with van der Waals surface area (Å²) >= 11 is 0. The van der Waals surface area contributed by atoms with E-state index in [9.17, 15) is 47.2 Å². The van der Waals surface area contributed by atoms with E-state index in [1.165, 1.54) is 62.6 Å². The van der Waals surface area contributed by atoms with Gasteiger partial charge in [-0.1, -0.05) is 43.8 Å². The Labute approximate surface area is 421 Å². The molecule has 0 fully saturated rings. The van der Waals surface area contributed by atoms with Crippen LogP contribution in [0.4, 0.5) is 22.7 Å². The fraction of sp³-hybridized carbons (Fsp3) is 0.150. The van der Waals surface area contributed by atoms with Gasteiger partial charge < -0.3 is 34.4 Å². The SMILES string of the molecule is C.COc1ccccc1NC(=O)C(N=Nc1ccc(-c2ccc(N=NC3C(=O)N(c4ccc5cc(S(=O)(=O)[O-])ccc5c4)N=C3C)c(C(=O)[O-])c2)cc1C(=O)[O-])C(C)=O.[Na+].[Na+].[Na+]. The number of fused-ring (bicyclic) bond motifs is 1. The number of rotatable bonds is 13. The zero-order valence-electron chi connectivity index (χ0n) is 33.5. The number of para-hydroxylation sites is 2. The first-order valence-electron chi connectivity index (χ1n) is 16.9. The Bertz CT molecular complexity index is 2770. The molecule has 302 valence electrons. The molecule has 18 nitrogen and oxygen atoms in total. The average molecular weight is 888 g/mol. The summed E-state index contributed by atoms with van der Waals surface area (Å²) in [5, 5.41) is 49.0. The van der Waals surface area contributed by atoms with Gasteiger partial charge in [0, 0.05) is 11.1 Å². The molecule has 22 heteroatoms. The second-order valence-corrected chi connectivity index (χ2v) is 14.0. The van der Waals surface area contributed by atoms with Crippen molar-refractivity contribution < 1.29 is 141 Å². The van der Waals surface area contributed by atoms with Gasteiger partial charge in [-0.25, -0.2) is 8.42 Å². The molecule has 0 radical (unpaired) electrons. The molecule has 0 spiro atoms. The van der Waals surface area contributed by atoms with Gasteiger partial charge in [-0.3, -0.25) is 14.4 Å². The van der Waals surface area contributed by atoms with Crippen LogP contribution in [0.3, 0.4) is 0 Å². The maximum Gasteiger partial charge on any atom is 1.00 e. The first-order valence-corrected chi connectivity index (χ1v) is 18.3. The first kappa shape index (κ1) is 53.6. The fourth-order valence-electron chi connectivity index (χ4n) is 5.81. The maximum atomic E-state index is 13.4. The summed E-state index contributed by atoms with van der Waals surface area (Å²) in [7, 11) is -3.28. The van der Waals surface area contributed by atoms with Gasteiger partial charge in [0.05, 0.1) is 52.4 Å². The van der Waals surface area contributed by atoms with E-state index >= 15 is 0 Å². The number of nitrogens with one attached hydrogen (secondary N) is 1. The number of hydrogen-bond acceptors (Lipinski definition) is 16. The van der Waals surface area contributed by atoms with Crippen molar-refractivity contribution in [2.75, 3.05) is 17.4 Å². The number of amides is 2. The summed E-state index contributed by atoms with van der Waals surface area (Å²) in [6.45, 7) is 2.63. The Morgan fingerprint density at radius 2 is 1.37 bits per heavy atom. The van der Waals surface area contributed by atoms with E-state index in [1.54, 1.807) is 30.3 Å². The predicted octanol–water partition coefficient (Wildman–Crippen LogP) is -4.65. The Kier molecular flexibility index (Phi) is 19.7. The molecule has 2 atom stereocenters. The number of carboxylic acids is 2. The number of carboxylic acid groups (broad SMARTS) is 2. The number of aromatic carboxylic acids is 2. The van der Waals surface area contributed by atoms with E-state index in [2.05, 4.69) is 30.9 Å². The Morgan fingerprint density at radius 1 is 0.806 bits per heavy atom. The van der Waals surface area contributed by atoms with Gasteiger partial charge in [0.25, 0.3) is 11.8 Å². The summed E-state index contributed by atoms with van der Waals surface area (Å²) in [5.41, 5.74) is -0.172. The third-order valence-corrected chi connectivity index (χ3v) is 9.58. The number of hydrogen-bond donors (Lipinski definition) is 1. The molecule has 1 heterocycles. The van der Waals surface area contributed by atoms with Crippen LogP contribution in [0.5, 0.6) is 5.75 Å².